The normalized spacial score (nSPS) is 11.4. The maximum atomic E-state index is 13.1. The molecule has 0 aliphatic heterocycles. The highest BCUT2D eigenvalue weighted by Crippen LogP contribution is 2.19. The predicted molar refractivity (Wildman–Crippen MR) is 103 cm³/mol. The number of fused-ring (bicyclic) bond motifs is 1. The van der Waals surface area contributed by atoms with Gasteiger partial charge in [0, 0.05) is 19.3 Å². The van der Waals surface area contributed by atoms with Crippen molar-refractivity contribution >= 4 is 17.1 Å². The lowest BCUT2D eigenvalue weighted by molar-refractivity contribution is -0.143. The second kappa shape index (κ2) is 7.10. The van der Waals surface area contributed by atoms with Gasteiger partial charge in [-0.25, -0.2) is 14.0 Å². The average molecular weight is 388 g/mol. The van der Waals surface area contributed by atoms with Gasteiger partial charge in [0.25, 0.3) is 5.56 Å². The van der Waals surface area contributed by atoms with E-state index in [0.29, 0.717) is 12.5 Å². The summed E-state index contributed by atoms with van der Waals surface area (Å²) >= 11 is 0. The molecule has 0 aliphatic rings. The molecule has 0 atom stereocenters. The fraction of sp³-hybridized carbons (Fsp3) is 0.500. The Morgan fingerprint density at radius 1 is 1.11 bits per heavy atom. The van der Waals surface area contributed by atoms with E-state index >= 15 is 0 Å². The quantitative estimate of drug-likeness (QED) is 0.592. The molecule has 3 rings (SSSR count). The zero-order valence-corrected chi connectivity index (χ0v) is 16.9. The summed E-state index contributed by atoms with van der Waals surface area (Å²) in [5.74, 6) is -0.190. The largest absolute Gasteiger partial charge is 0.465 e. The highest BCUT2D eigenvalue weighted by atomic mass is 16.5. The molecule has 28 heavy (non-hydrogen) atoms. The number of hydrogen-bond acceptors (Lipinski definition) is 6. The highest BCUT2D eigenvalue weighted by molar-refractivity contribution is 5.74. The fourth-order valence-corrected chi connectivity index (χ4v) is 3.21. The van der Waals surface area contributed by atoms with E-state index < -0.39 is 23.8 Å². The molecule has 150 valence electrons. The maximum absolute atomic E-state index is 13.1. The van der Waals surface area contributed by atoms with Gasteiger partial charge in [0.05, 0.1) is 12.3 Å². The Bertz CT molecular complexity index is 1190. The Kier molecular flexibility index (Phi) is 4.97. The molecular formula is C18H24N6O4. The van der Waals surface area contributed by atoms with Gasteiger partial charge in [-0.05, 0) is 40.2 Å². The van der Waals surface area contributed by atoms with Crippen LogP contribution in [0.2, 0.25) is 0 Å². The van der Waals surface area contributed by atoms with Crippen molar-refractivity contribution < 1.29 is 9.53 Å². The summed E-state index contributed by atoms with van der Waals surface area (Å²) < 4.78 is 10.4. The van der Waals surface area contributed by atoms with Crippen LogP contribution < -0.4 is 11.2 Å². The molecule has 0 saturated heterocycles. The second-order valence-corrected chi connectivity index (χ2v) is 6.57. The summed E-state index contributed by atoms with van der Waals surface area (Å²) in [5.41, 5.74) is 2.09. The standard InChI is InChI=1S/C18H24N6O4/c1-7-22-14-15(19-17(22)24-12(5)10(3)11(4)20-24)21(6)18(27)23(16(14)26)9-13(25)28-8-2/h7-9H2,1-6H3. The fourth-order valence-electron chi connectivity index (χ4n) is 3.21. The van der Waals surface area contributed by atoms with Gasteiger partial charge in [-0.15, -0.1) is 0 Å². The minimum atomic E-state index is -0.641. The van der Waals surface area contributed by atoms with Crippen molar-refractivity contribution in [2.24, 2.45) is 7.05 Å². The molecule has 10 nitrogen and oxygen atoms in total. The molecule has 0 spiro atoms. The van der Waals surface area contributed by atoms with Gasteiger partial charge in [-0.2, -0.15) is 10.1 Å². The number of hydrogen-bond donors (Lipinski definition) is 0. The minimum absolute atomic E-state index is 0.171. The first kappa shape index (κ1) is 19.6. The molecule has 0 N–H and O–H groups in total. The van der Waals surface area contributed by atoms with E-state index in [2.05, 4.69) is 10.1 Å². The zero-order valence-electron chi connectivity index (χ0n) is 16.9. The molecule has 0 radical (unpaired) electrons. The molecule has 10 heteroatoms. The van der Waals surface area contributed by atoms with Gasteiger partial charge in [0.2, 0.25) is 5.95 Å². The van der Waals surface area contributed by atoms with Crippen molar-refractivity contribution in [1.82, 2.24) is 28.5 Å². The third-order valence-electron chi connectivity index (χ3n) is 4.96. The third kappa shape index (κ3) is 2.85. The van der Waals surface area contributed by atoms with E-state index in [1.165, 1.54) is 11.6 Å². The molecule has 0 bridgehead atoms. The summed E-state index contributed by atoms with van der Waals surface area (Å²) in [4.78, 5) is 42.1. The molecule has 0 unspecified atom stereocenters. The van der Waals surface area contributed by atoms with Crippen LogP contribution in [0.5, 0.6) is 0 Å². The lowest BCUT2D eigenvalue weighted by Gasteiger charge is -2.09. The molecule has 3 aromatic rings. The van der Waals surface area contributed by atoms with E-state index in [4.69, 9.17) is 4.74 Å². The number of rotatable bonds is 5. The van der Waals surface area contributed by atoms with E-state index in [1.54, 1.807) is 16.2 Å². The molecule has 3 heterocycles. The Hall–Kier alpha value is -3.17. The number of carbonyl (C=O) groups is 1. The SMILES string of the molecule is CCOC(=O)Cn1c(=O)c2c(nc(-n3nc(C)c(C)c3C)n2CC)n(C)c1=O. The number of imidazole rings is 1. The smallest absolute Gasteiger partial charge is 0.333 e. The van der Waals surface area contributed by atoms with Crippen LogP contribution in [-0.2, 0) is 29.7 Å². The van der Waals surface area contributed by atoms with Gasteiger partial charge in [0.1, 0.15) is 6.54 Å². The summed E-state index contributed by atoms with van der Waals surface area (Å²) in [6.45, 7) is 9.50. The van der Waals surface area contributed by atoms with Crippen LogP contribution in [0, 0.1) is 20.8 Å². The minimum Gasteiger partial charge on any atom is -0.465 e. The highest BCUT2D eigenvalue weighted by Gasteiger charge is 2.23. The number of nitrogens with zero attached hydrogens (tertiary/aromatic N) is 6. The lowest BCUT2D eigenvalue weighted by Crippen LogP contribution is -2.41. The first-order valence-corrected chi connectivity index (χ1v) is 9.11. The average Bonchev–Trinajstić information content (AvgIpc) is 3.16. The van der Waals surface area contributed by atoms with Crippen LogP contribution in [0.1, 0.15) is 30.8 Å². The van der Waals surface area contributed by atoms with Crippen molar-refractivity contribution in [2.45, 2.75) is 47.7 Å². The number of aromatic nitrogens is 6. The molecule has 0 saturated carbocycles. The summed E-state index contributed by atoms with van der Waals surface area (Å²) in [6, 6.07) is 0. The third-order valence-corrected chi connectivity index (χ3v) is 4.96. The van der Waals surface area contributed by atoms with Crippen LogP contribution in [0.3, 0.4) is 0 Å². The van der Waals surface area contributed by atoms with Crippen LogP contribution in [0.25, 0.3) is 17.1 Å². The molecule has 0 aromatic carbocycles. The number of esters is 1. The first-order valence-electron chi connectivity index (χ1n) is 9.11. The van der Waals surface area contributed by atoms with Crippen LogP contribution in [0.15, 0.2) is 9.59 Å². The van der Waals surface area contributed by atoms with E-state index in [9.17, 15) is 14.4 Å². The molecular weight excluding hydrogens is 364 g/mol. The molecule has 0 aliphatic carbocycles. The zero-order chi connectivity index (χ0) is 20.7. The van der Waals surface area contributed by atoms with Gasteiger partial charge in [-0.3, -0.25) is 14.2 Å². The summed E-state index contributed by atoms with van der Waals surface area (Å²) in [5, 5.41) is 4.52. The van der Waals surface area contributed by atoms with Crippen molar-refractivity contribution in [3.05, 3.63) is 37.8 Å². The van der Waals surface area contributed by atoms with Crippen molar-refractivity contribution in [2.75, 3.05) is 6.61 Å². The molecule has 0 amide bonds. The first-order chi connectivity index (χ1) is 13.2. The Balaban J connectivity index is 2.34. The maximum Gasteiger partial charge on any atom is 0.333 e. The van der Waals surface area contributed by atoms with Crippen LogP contribution in [-0.4, -0.2) is 41.0 Å². The van der Waals surface area contributed by atoms with Gasteiger partial charge in [-0.1, -0.05) is 0 Å². The van der Waals surface area contributed by atoms with Crippen molar-refractivity contribution in [3.8, 4) is 5.95 Å². The Morgan fingerprint density at radius 3 is 2.32 bits per heavy atom. The number of aryl methyl sites for hydroxylation is 3. The molecule has 3 aromatic heterocycles. The lowest BCUT2D eigenvalue weighted by atomic mass is 10.2. The Morgan fingerprint density at radius 2 is 1.79 bits per heavy atom. The molecule has 0 fully saturated rings. The van der Waals surface area contributed by atoms with Gasteiger partial charge >= 0.3 is 11.7 Å². The van der Waals surface area contributed by atoms with E-state index in [1.807, 2.05) is 27.7 Å². The van der Waals surface area contributed by atoms with E-state index in [-0.39, 0.29) is 17.8 Å². The van der Waals surface area contributed by atoms with Crippen molar-refractivity contribution in [1.29, 1.82) is 0 Å². The van der Waals surface area contributed by atoms with Gasteiger partial charge in [0.15, 0.2) is 11.2 Å². The van der Waals surface area contributed by atoms with E-state index in [0.717, 1.165) is 21.5 Å². The Labute approximate surface area is 161 Å². The van der Waals surface area contributed by atoms with Crippen LogP contribution in [0.4, 0.5) is 0 Å². The van der Waals surface area contributed by atoms with Crippen molar-refractivity contribution in [3.63, 3.8) is 0 Å². The topological polar surface area (TPSA) is 106 Å². The predicted octanol–water partition coefficient (Wildman–Crippen LogP) is 0.591. The monoisotopic (exact) mass is 388 g/mol. The van der Waals surface area contributed by atoms with Gasteiger partial charge < -0.3 is 9.30 Å². The summed E-state index contributed by atoms with van der Waals surface area (Å²) in [7, 11) is 1.52. The number of ether oxygens (including phenoxy) is 1. The second-order valence-electron chi connectivity index (χ2n) is 6.57. The summed E-state index contributed by atoms with van der Waals surface area (Å²) in [6.07, 6.45) is 0. The number of carbonyl (C=O) groups excluding carboxylic acids is 1. The van der Waals surface area contributed by atoms with Crippen LogP contribution >= 0.6 is 0 Å².